The lowest BCUT2D eigenvalue weighted by atomic mass is 10.1. The minimum Gasteiger partial charge on any atom is -0.345 e. The number of nitrogens with one attached hydrogen (secondary N) is 1. The average Bonchev–Trinajstić information content (AvgIpc) is 3.09. The molecule has 3 aromatic rings. The van der Waals surface area contributed by atoms with Gasteiger partial charge in [0.25, 0.3) is 11.8 Å². The minimum atomic E-state index is -0.263. The Balaban J connectivity index is 1.63. The number of benzene rings is 2. The van der Waals surface area contributed by atoms with Crippen molar-refractivity contribution in [2.75, 3.05) is 0 Å². The molecule has 0 saturated heterocycles. The first-order chi connectivity index (χ1) is 11.7. The molecule has 0 saturated carbocycles. The summed E-state index contributed by atoms with van der Waals surface area (Å²) in [5.74, 6) is 0.548. The van der Waals surface area contributed by atoms with Crippen LogP contribution in [0.4, 0.5) is 0 Å². The highest BCUT2D eigenvalue weighted by molar-refractivity contribution is 5.94. The third kappa shape index (κ3) is 3.47. The predicted molar refractivity (Wildman–Crippen MR) is 86.8 cm³/mol. The molecule has 24 heavy (non-hydrogen) atoms. The Hall–Kier alpha value is -3.46. The SMILES string of the molecule is Cc1ccc(-c2nc(CNC(=O)c3ccc(C#N)cc3)no2)cc1. The van der Waals surface area contributed by atoms with Gasteiger partial charge in [-0.2, -0.15) is 10.2 Å². The van der Waals surface area contributed by atoms with Crippen LogP contribution in [0.3, 0.4) is 0 Å². The number of aromatic nitrogens is 2. The van der Waals surface area contributed by atoms with Crippen molar-refractivity contribution in [3.63, 3.8) is 0 Å². The Bertz CT molecular complexity index is 890. The van der Waals surface area contributed by atoms with Gasteiger partial charge in [-0.3, -0.25) is 4.79 Å². The van der Waals surface area contributed by atoms with Gasteiger partial charge in [-0.25, -0.2) is 0 Å². The molecular formula is C18H14N4O2. The van der Waals surface area contributed by atoms with E-state index in [1.807, 2.05) is 37.3 Å². The summed E-state index contributed by atoms with van der Waals surface area (Å²) in [5.41, 5.74) is 2.95. The van der Waals surface area contributed by atoms with Crippen LogP contribution in [-0.2, 0) is 6.54 Å². The van der Waals surface area contributed by atoms with Gasteiger partial charge in [0.2, 0.25) is 0 Å². The molecular weight excluding hydrogens is 304 g/mol. The van der Waals surface area contributed by atoms with Crippen molar-refractivity contribution in [3.05, 3.63) is 71.0 Å². The van der Waals surface area contributed by atoms with Crippen LogP contribution in [0.2, 0.25) is 0 Å². The second kappa shape index (κ2) is 6.75. The first-order valence-electron chi connectivity index (χ1n) is 7.34. The van der Waals surface area contributed by atoms with E-state index in [4.69, 9.17) is 9.78 Å². The zero-order chi connectivity index (χ0) is 16.9. The molecule has 118 valence electrons. The lowest BCUT2D eigenvalue weighted by molar-refractivity contribution is 0.0949. The Morgan fingerprint density at radius 2 is 1.88 bits per heavy atom. The van der Waals surface area contributed by atoms with Crippen LogP contribution in [0.15, 0.2) is 53.1 Å². The molecule has 0 aliphatic heterocycles. The zero-order valence-electron chi connectivity index (χ0n) is 13.0. The van der Waals surface area contributed by atoms with Crippen molar-refractivity contribution in [2.45, 2.75) is 13.5 Å². The van der Waals surface area contributed by atoms with Crippen molar-refractivity contribution < 1.29 is 9.32 Å². The maximum atomic E-state index is 12.1. The summed E-state index contributed by atoms with van der Waals surface area (Å²) in [4.78, 5) is 16.3. The lowest BCUT2D eigenvalue weighted by Gasteiger charge is -2.02. The number of rotatable bonds is 4. The molecule has 6 heteroatoms. The summed E-state index contributed by atoms with van der Waals surface area (Å²) < 4.78 is 5.21. The molecule has 1 heterocycles. The Morgan fingerprint density at radius 1 is 1.17 bits per heavy atom. The van der Waals surface area contributed by atoms with Gasteiger partial charge in [-0.1, -0.05) is 22.9 Å². The number of nitrogens with zero attached hydrogens (tertiary/aromatic N) is 3. The Kier molecular flexibility index (Phi) is 4.34. The molecule has 0 aliphatic rings. The van der Waals surface area contributed by atoms with Gasteiger partial charge in [-0.15, -0.1) is 0 Å². The largest absolute Gasteiger partial charge is 0.345 e. The monoisotopic (exact) mass is 318 g/mol. The second-order valence-electron chi connectivity index (χ2n) is 5.25. The van der Waals surface area contributed by atoms with E-state index in [9.17, 15) is 4.79 Å². The number of hydrogen-bond acceptors (Lipinski definition) is 5. The maximum Gasteiger partial charge on any atom is 0.257 e. The molecule has 3 rings (SSSR count). The molecule has 1 amide bonds. The topological polar surface area (TPSA) is 91.8 Å². The van der Waals surface area contributed by atoms with Crippen molar-refractivity contribution in [2.24, 2.45) is 0 Å². The summed E-state index contributed by atoms with van der Waals surface area (Å²) in [6.07, 6.45) is 0. The summed E-state index contributed by atoms with van der Waals surface area (Å²) >= 11 is 0. The van der Waals surface area contributed by atoms with Gasteiger partial charge < -0.3 is 9.84 Å². The lowest BCUT2D eigenvalue weighted by Crippen LogP contribution is -2.23. The predicted octanol–water partition coefficient (Wildman–Crippen LogP) is 2.85. The van der Waals surface area contributed by atoms with Gasteiger partial charge >= 0.3 is 0 Å². The molecule has 0 radical (unpaired) electrons. The standard InChI is InChI=1S/C18H14N4O2/c1-12-2-6-15(7-3-12)18-21-16(22-24-18)11-20-17(23)14-8-4-13(10-19)5-9-14/h2-9H,11H2,1H3,(H,20,23). The Morgan fingerprint density at radius 3 is 2.54 bits per heavy atom. The van der Waals surface area contributed by atoms with E-state index >= 15 is 0 Å². The summed E-state index contributed by atoms with van der Waals surface area (Å²) in [5, 5.41) is 15.3. The van der Waals surface area contributed by atoms with Crippen LogP contribution in [0, 0.1) is 18.3 Å². The molecule has 0 fully saturated rings. The van der Waals surface area contributed by atoms with E-state index in [1.54, 1.807) is 24.3 Å². The fourth-order valence-corrected chi connectivity index (χ4v) is 2.10. The van der Waals surface area contributed by atoms with E-state index in [0.717, 1.165) is 11.1 Å². The first kappa shape index (κ1) is 15.4. The van der Waals surface area contributed by atoms with Crippen LogP contribution < -0.4 is 5.32 Å². The maximum absolute atomic E-state index is 12.1. The summed E-state index contributed by atoms with van der Waals surface area (Å²) in [6, 6.07) is 16.1. The van der Waals surface area contributed by atoms with E-state index in [2.05, 4.69) is 15.5 Å². The molecule has 0 unspecified atom stereocenters. The highest BCUT2D eigenvalue weighted by Gasteiger charge is 2.11. The molecule has 6 nitrogen and oxygen atoms in total. The van der Waals surface area contributed by atoms with Gasteiger partial charge in [-0.05, 0) is 43.3 Å². The molecule has 0 spiro atoms. The van der Waals surface area contributed by atoms with Crippen molar-refractivity contribution in [1.82, 2.24) is 15.5 Å². The smallest absolute Gasteiger partial charge is 0.257 e. The molecule has 0 aliphatic carbocycles. The molecule has 2 aromatic carbocycles. The summed E-state index contributed by atoms with van der Waals surface area (Å²) in [6.45, 7) is 2.16. The van der Waals surface area contributed by atoms with Gasteiger partial charge in [0.05, 0.1) is 18.2 Å². The molecule has 0 bridgehead atoms. The molecule has 0 atom stereocenters. The van der Waals surface area contributed by atoms with E-state index < -0.39 is 0 Å². The fraction of sp³-hybridized carbons (Fsp3) is 0.111. The number of hydrogen-bond donors (Lipinski definition) is 1. The van der Waals surface area contributed by atoms with Crippen molar-refractivity contribution >= 4 is 5.91 Å². The quantitative estimate of drug-likeness (QED) is 0.798. The van der Waals surface area contributed by atoms with Crippen LogP contribution in [0.1, 0.15) is 27.3 Å². The van der Waals surface area contributed by atoms with Crippen LogP contribution >= 0.6 is 0 Å². The zero-order valence-corrected chi connectivity index (χ0v) is 13.0. The third-order valence-electron chi connectivity index (χ3n) is 3.45. The highest BCUT2D eigenvalue weighted by atomic mass is 16.5. The van der Waals surface area contributed by atoms with Crippen LogP contribution in [-0.4, -0.2) is 16.0 Å². The average molecular weight is 318 g/mol. The third-order valence-corrected chi connectivity index (χ3v) is 3.45. The number of carbonyl (C=O) groups is 1. The number of aryl methyl sites for hydroxylation is 1. The molecule has 1 N–H and O–H groups in total. The van der Waals surface area contributed by atoms with E-state index in [0.29, 0.717) is 22.8 Å². The van der Waals surface area contributed by atoms with Crippen LogP contribution in [0.5, 0.6) is 0 Å². The van der Waals surface area contributed by atoms with E-state index in [-0.39, 0.29) is 12.5 Å². The minimum absolute atomic E-state index is 0.161. The van der Waals surface area contributed by atoms with Crippen molar-refractivity contribution in [3.8, 4) is 17.5 Å². The van der Waals surface area contributed by atoms with Crippen LogP contribution in [0.25, 0.3) is 11.5 Å². The van der Waals surface area contributed by atoms with Gasteiger partial charge in [0.1, 0.15) is 0 Å². The highest BCUT2D eigenvalue weighted by Crippen LogP contribution is 2.17. The normalized spacial score (nSPS) is 10.2. The van der Waals surface area contributed by atoms with Gasteiger partial charge in [0.15, 0.2) is 5.82 Å². The van der Waals surface area contributed by atoms with Crippen molar-refractivity contribution in [1.29, 1.82) is 5.26 Å². The number of amides is 1. The molecule has 1 aromatic heterocycles. The van der Waals surface area contributed by atoms with E-state index in [1.165, 1.54) is 0 Å². The summed E-state index contributed by atoms with van der Waals surface area (Å²) in [7, 11) is 0. The number of nitriles is 1. The second-order valence-corrected chi connectivity index (χ2v) is 5.25. The first-order valence-corrected chi connectivity index (χ1v) is 7.34. The number of carbonyl (C=O) groups excluding carboxylic acids is 1. The van der Waals surface area contributed by atoms with Gasteiger partial charge in [0, 0.05) is 11.1 Å². The Labute approximate surface area is 138 Å². The fourth-order valence-electron chi connectivity index (χ4n) is 2.10.